The van der Waals surface area contributed by atoms with E-state index in [0.717, 1.165) is 16.7 Å². The van der Waals surface area contributed by atoms with E-state index in [4.69, 9.17) is 11.6 Å². The van der Waals surface area contributed by atoms with Crippen molar-refractivity contribution in [3.63, 3.8) is 0 Å². The Balaban J connectivity index is 1.60. The number of carboxylic acid groups (broad SMARTS) is 1. The maximum absolute atomic E-state index is 15.4. The van der Waals surface area contributed by atoms with E-state index < -0.39 is 30.4 Å². The predicted molar refractivity (Wildman–Crippen MR) is 134 cm³/mol. The molecule has 1 amide bonds. The summed E-state index contributed by atoms with van der Waals surface area (Å²) in [6.45, 7) is 0.360. The second kappa shape index (κ2) is 12.1. The van der Waals surface area contributed by atoms with Crippen molar-refractivity contribution in [2.45, 2.75) is 31.4 Å². The van der Waals surface area contributed by atoms with Gasteiger partial charge in [0, 0.05) is 30.8 Å². The summed E-state index contributed by atoms with van der Waals surface area (Å²) in [6, 6.07) is 23.5. The molecule has 182 valence electrons. The molecule has 0 saturated heterocycles. The van der Waals surface area contributed by atoms with Gasteiger partial charge in [-0.1, -0.05) is 83.5 Å². The van der Waals surface area contributed by atoms with E-state index in [9.17, 15) is 19.9 Å². The van der Waals surface area contributed by atoms with Gasteiger partial charge in [0.1, 0.15) is 0 Å². The summed E-state index contributed by atoms with van der Waals surface area (Å²) in [5, 5.41) is 25.4. The van der Waals surface area contributed by atoms with Crippen molar-refractivity contribution in [2.24, 2.45) is 5.16 Å². The molecule has 0 fully saturated rings. The van der Waals surface area contributed by atoms with Crippen LogP contribution in [0.2, 0.25) is 5.02 Å². The summed E-state index contributed by atoms with van der Waals surface area (Å²) in [5.74, 6) is -2.16. The molecule has 0 saturated carbocycles. The number of carbonyl (C=O) groups excluding carboxylic acids is 1. The monoisotopic (exact) mass is 496 g/mol. The van der Waals surface area contributed by atoms with Crippen molar-refractivity contribution < 1.29 is 24.3 Å². The third kappa shape index (κ3) is 7.39. The molecule has 35 heavy (non-hydrogen) atoms. The summed E-state index contributed by atoms with van der Waals surface area (Å²) in [7, 11) is 0. The summed E-state index contributed by atoms with van der Waals surface area (Å²) >= 11 is 5.92. The van der Waals surface area contributed by atoms with Gasteiger partial charge in [-0.3, -0.25) is 4.79 Å². The van der Waals surface area contributed by atoms with Gasteiger partial charge in [0.05, 0.1) is 5.71 Å². The lowest BCUT2D eigenvalue weighted by Gasteiger charge is -2.21. The van der Waals surface area contributed by atoms with Gasteiger partial charge in [0.2, 0.25) is 11.6 Å². The molecule has 8 heteroatoms. The highest BCUT2D eigenvalue weighted by Gasteiger charge is 2.40. The van der Waals surface area contributed by atoms with Crippen molar-refractivity contribution in [2.75, 3.05) is 6.54 Å². The van der Waals surface area contributed by atoms with Gasteiger partial charge in [-0.25, -0.2) is 9.18 Å². The van der Waals surface area contributed by atoms with E-state index in [0.29, 0.717) is 23.6 Å². The smallest absolute Gasteiger partial charge is 0.341 e. The first-order chi connectivity index (χ1) is 16.8. The zero-order valence-corrected chi connectivity index (χ0v) is 19.7. The number of aliphatic carboxylic acids is 1. The highest BCUT2D eigenvalue weighted by atomic mass is 35.5. The number of halogens is 2. The molecule has 0 aliphatic heterocycles. The molecular formula is C27H26ClFN2O4. The lowest BCUT2D eigenvalue weighted by Crippen LogP contribution is -2.38. The Morgan fingerprint density at radius 1 is 0.943 bits per heavy atom. The SMILES string of the molecule is O=C(CCC(F)(CC(=NO)c1ccc(-c2ccc(Cl)cc2)cc1)C(=O)O)NCCc1ccccc1. The van der Waals surface area contributed by atoms with Gasteiger partial charge in [0.15, 0.2) is 0 Å². The van der Waals surface area contributed by atoms with Crippen molar-refractivity contribution >= 4 is 29.2 Å². The molecule has 3 N–H and O–H groups in total. The van der Waals surface area contributed by atoms with Gasteiger partial charge >= 0.3 is 5.97 Å². The highest BCUT2D eigenvalue weighted by Crippen LogP contribution is 2.28. The molecule has 0 spiro atoms. The van der Waals surface area contributed by atoms with Crippen LogP contribution in [-0.4, -0.2) is 40.1 Å². The van der Waals surface area contributed by atoms with Crippen LogP contribution in [0.3, 0.4) is 0 Å². The maximum Gasteiger partial charge on any atom is 0.341 e. The van der Waals surface area contributed by atoms with E-state index in [-0.39, 0.29) is 12.1 Å². The van der Waals surface area contributed by atoms with Crippen LogP contribution in [0.1, 0.15) is 30.4 Å². The first-order valence-corrected chi connectivity index (χ1v) is 11.5. The minimum absolute atomic E-state index is 0.123. The number of rotatable bonds is 11. The highest BCUT2D eigenvalue weighted by molar-refractivity contribution is 6.30. The molecule has 1 atom stereocenters. The zero-order chi connectivity index (χ0) is 25.3. The number of oxime groups is 1. The third-order valence-electron chi connectivity index (χ3n) is 5.67. The van der Waals surface area contributed by atoms with Gasteiger partial charge in [0.25, 0.3) is 0 Å². The Morgan fingerprint density at radius 3 is 2.11 bits per heavy atom. The van der Waals surface area contributed by atoms with Crippen molar-refractivity contribution in [3.8, 4) is 11.1 Å². The molecule has 6 nitrogen and oxygen atoms in total. The number of amides is 1. The van der Waals surface area contributed by atoms with Crippen LogP contribution in [0.5, 0.6) is 0 Å². The van der Waals surface area contributed by atoms with Gasteiger partial charge in [-0.05, 0) is 40.8 Å². The van der Waals surface area contributed by atoms with E-state index in [1.54, 1.807) is 36.4 Å². The van der Waals surface area contributed by atoms with E-state index in [1.165, 1.54) is 0 Å². The molecule has 0 bridgehead atoms. The molecule has 3 aromatic rings. The maximum atomic E-state index is 15.4. The van der Waals surface area contributed by atoms with Crippen LogP contribution in [0, 0.1) is 0 Å². The second-order valence-electron chi connectivity index (χ2n) is 8.16. The lowest BCUT2D eigenvalue weighted by atomic mass is 9.90. The second-order valence-corrected chi connectivity index (χ2v) is 8.60. The molecule has 3 rings (SSSR count). The van der Waals surface area contributed by atoms with Gasteiger partial charge < -0.3 is 15.6 Å². The number of carbonyl (C=O) groups is 2. The Kier molecular flexibility index (Phi) is 8.98. The number of alkyl halides is 1. The number of nitrogens with zero attached hydrogens (tertiary/aromatic N) is 1. The van der Waals surface area contributed by atoms with Crippen LogP contribution in [0.4, 0.5) is 4.39 Å². The third-order valence-corrected chi connectivity index (χ3v) is 5.93. The van der Waals surface area contributed by atoms with E-state index in [1.807, 2.05) is 42.5 Å². The molecule has 0 aromatic heterocycles. The van der Waals surface area contributed by atoms with Crippen LogP contribution < -0.4 is 5.32 Å². The quantitative estimate of drug-likeness (QED) is 0.185. The fourth-order valence-electron chi connectivity index (χ4n) is 3.62. The molecule has 0 aliphatic carbocycles. The number of nitrogens with one attached hydrogen (secondary N) is 1. The van der Waals surface area contributed by atoms with Crippen molar-refractivity contribution in [1.29, 1.82) is 0 Å². The van der Waals surface area contributed by atoms with Gasteiger partial charge in [-0.15, -0.1) is 0 Å². The lowest BCUT2D eigenvalue weighted by molar-refractivity contribution is -0.151. The van der Waals surface area contributed by atoms with Crippen LogP contribution in [-0.2, 0) is 16.0 Å². The molecule has 0 aliphatic rings. The normalized spacial score (nSPS) is 13.1. The molecule has 1 unspecified atom stereocenters. The average molecular weight is 497 g/mol. The Bertz CT molecular complexity index is 1170. The van der Waals surface area contributed by atoms with Crippen molar-refractivity contribution in [1.82, 2.24) is 5.32 Å². The minimum Gasteiger partial charge on any atom is -0.479 e. The van der Waals surface area contributed by atoms with Gasteiger partial charge in [-0.2, -0.15) is 0 Å². The summed E-state index contributed by atoms with van der Waals surface area (Å²) in [6.07, 6.45) is -0.941. The topological polar surface area (TPSA) is 99.0 Å². The molecule has 0 heterocycles. The fraction of sp³-hybridized carbons (Fsp3) is 0.222. The zero-order valence-electron chi connectivity index (χ0n) is 19.0. The fourth-order valence-corrected chi connectivity index (χ4v) is 3.75. The molecule has 0 radical (unpaired) electrons. The number of benzene rings is 3. The summed E-state index contributed by atoms with van der Waals surface area (Å²) in [5.41, 5.74) is 0.298. The Hall–Kier alpha value is -3.71. The Labute approximate surface area is 208 Å². The largest absolute Gasteiger partial charge is 0.479 e. The number of hydrogen-bond donors (Lipinski definition) is 3. The number of carboxylic acids is 1. The minimum atomic E-state index is -2.77. The predicted octanol–water partition coefficient (Wildman–Crippen LogP) is 5.51. The average Bonchev–Trinajstić information content (AvgIpc) is 2.87. The van der Waals surface area contributed by atoms with Crippen LogP contribution >= 0.6 is 11.6 Å². The van der Waals surface area contributed by atoms with E-state index in [2.05, 4.69) is 10.5 Å². The summed E-state index contributed by atoms with van der Waals surface area (Å²) in [4.78, 5) is 23.9. The molecular weight excluding hydrogens is 471 g/mol. The van der Waals surface area contributed by atoms with E-state index >= 15 is 4.39 Å². The van der Waals surface area contributed by atoms with Crippen LogP contribution in [0.25, 0.3) is 11.1 Å². The van der Waals surface area contributed by atoms with Crippen LogP contribution in [0.15, 0.2) is 84.0 Å². The molecule has 3 aromatic carbocycles. The first kappa shape index (κ1) is 25.9. The number of hydrogen-bond acceptors (Lipinski definition) is 4. The first-order valence-electron chi connectivity index (χ1n) is 11.1. The summed E-state index contributed by atoms with van der Waals surface area (Å²) < 4.78 is 15.4. The Morgan fingerprint density at radius 2 is 1.54 bits per heavy atom. The van der Waals surface area contributed by atoms with Crippen molar-refractivity contribution in [3.05, 3.63) is 95.0 Å². The standard InChI is InChI=1S/C27H26ClFN2O4/c28-23-12-10-21(11-13-23)20-6-8-22(9-7-20)24(31-35)18-27(29,26(33)34)16-14-25(32)30-17-15-19-4-2-1-3-5-19/h1-13,35H,14-18H2,(H,30,32)(H,33,34).